The molecule has 200 valence electrons. The van der Waals surface area contributed by atoms with Crippen molar-refractivity contribution in [3.63, 3.8) is 0 Å². The molecule has 3 aromatic carbocycles. The molecule has 0 amide bonds. The number of para-hydroxylation sites is 1. The maximum atomic E-state index is 12.5. The lowest BCUT2D eigenvalue weighted by molar-refractivity contribution is -0.118. The van der Waals surface area contributed by atoms with E-state index in [0.717, 1.165) is 67.1 Å². The Morgan fingerprint density at radius 2 is 1.51 bits per heavy atom. The first-order valence-corrected chi connectivity index (χ1v) is 13.8. The molecule has 0 radical (unpaired) electrons. The first-order valence-electron chi connectivity index (χ1n) is 13.8. The van der Waals surface area contributed by atoms with Gasteiger partial charge in [-0.05, 0) is 53.4 Å². The van der Waals surface area contributed by atoms with Crippen LogP contribution in [-0.4, -0.2) is 53.8 Å². The zero-order valence-electron chi connectivity index (χ0n) is 22.8. The zero-order valence-corrected chi connectivity index (χ0v) is 22.8. The molecule has 4 aromatic rings. The van der Waals surface area contributed by atoms with Gasteiger partial charge in [0.25, 0.3) is 0 Å². The summed E-state index contributed by atoms with van der Waals surface area (Å²) in [7, 11) is 2.19. The number of aromatic nitrogens is 1. The van der Waals surface area contributed by atoms with E-state index in [4.69, 9.17) is 4.74 Å². The smallest absolute Gasteiger partial charge is 0.137 e. The van der Waals surface area contributed by atoms with E-state index >= 15 is 0 Å². The van der Waals surface area contributed by atoms with E-state index in [0.29, 0.717) is 19.4 Å². The van der Waals surface area contributed by atoms with Crippen molar-refractivity contribution >= 4 is 5.78 Å². The van der Waals surface area contributed by atoms with Crippen LogP contribution in [0.1, 0.15) is 28.7 Å². The van der Waals surface area contributed by atoms with Gasteiger partial charge in [-0.1, -0.05) is 72.8 Å². The van der Waals surface area contributed by atoms with E-state index in [-0.39, 0.29) is 5.78 Å². The van der Waals surface area contributed by atoms with Gasteiger partial charge in [-0.3, -0.25) is 14.7 Å². The van der Waals surface area contributed by atoms with Crippen LogP contribution in [0.3, 0.4) is 0 Å². The van der Waals surface area contributed by atoms with Crippen molar-refractivity contribution in [1.29, 1.82) is 0 Å². The number of Topliss-reactive ketones (excluding diaryl/α,β-unsaturated/α-hetero) is 1. The Morgan fingerprint density at radius 3 is 2.28 bits per heavy atom. The third-order valence-corrected chi connectivity index (χ3v) is 7.42. The van der Waals surface area contributed by atoms with Gasteiger partial charge in [0, 0.05) is 63.5 Å². The van der Waals surface area contributed by atoms with E-state index < -0.39 is 0 Å². The average molecular weight is 520 g/mol. The number of ketones is 1. The zero-order chi connectivity index (χ0) is 26.9. The minimum absolute atomic E-state index is 0.243. The quantitative estimate of drug-likeness (QED) is 0.250. The minimum Gasteiger partial charge on any atom is -0.488 e. The van der Waals surface area contributed by atoms with Gasteiger partial charge >= 0.3 is 0 Å². The number of benzene rings is 3. The largest absolute Gasteiger partial charge is 0.488 e. The number of hydrogen-bond donors (Lipinski definition) is 0. The topological polar surface area (TPSA) is 45.7 Å². The second-order valence-electron chi connectivity index (χ2n) is 10.4. The highest BCUT2D eigenvalue weighted by Crippen LogP contribution is 2.33. The highest BCUT2D eigenvalue weighted by atomic mass is 16.5. The summed E-state index contributed by atoms with van der Waals surface area (Å²) in [6.07, 6.45) is 5.30. The van der Waals surface area contributed by atoms with Crippen LogP contribution >= 0.6 is 0 Å². The Bertz CT molecular complexity index is 1350. The van der Waals surface area contributed by atoms with Gasteiger partial charge in [0.2, 0.25) is 0 Å². The molecule has 1 saturated heterocycles. The monoisotopic (exact) mass is 519 g/mol. The highest BCUT2D eigenvalue weighted by molar-refractivity contribution is 5.81. The maximum Gasteiger partial charge on any atom is 0.137 e. The summed E-state index contributed by atoms with van der Waals surface area (Å²) in [5.41, 5.74) is 6.90. The summed E-state index contributed by atoms with van der Waals surface area (Å²) in [6, 6.07) is 29.1. The molecule has 5 rings (SSSR count). The van der Waals surface area contributed by atoms with Crippen LogP contribution in [0.15, 0.2) is 97.3 Å². The Kier molecular flexibility index (Phi) is 9.15. The highest BCUT2D eigenvalue weighted by Gasteiger charge is 2.17. The molecule has 2 heterocycles. The molecule has 5 heteroatoms. The fraction of sp³-hybridized carbons (Fsp3) is 0.294. The summed E-state index contributed by atoms with van der Waals surface area (Å²) in [6.45, 7) is 5.83. The third kappa shape index (κ3) is 7.62. The van der Waals surface area contributed by atoms with E-state index in [1.54, 1.807) is 6.20 Å². The Hall–Kier alpha value is -3.80. The number of nitrogens with zero attached hydrogens (tertiary/aromatic N) is 3. The molecule has 0 saturated carbocycles. The van der Waals surface area contributed by atoms with Crippen molar-refractivity contribution in [1.82, 2.24) is 14.8 Å². The average Bonchev–Trinajstić information content (AvgIpc) is 2.98. The number of piperazine rings is 1. The second-order valence-corrected chi connectivity index (χ2v) is 10.4. The molecule has 39 heavy (non-hydrogen) atoms. The molecule has 1 aliphatic rings. The Morgan fingerprint density at radius 1 is 0.795 bits per heavy atom. The molecule has 0 unspecified atom stereocenters. The number of likely N-dealkylation sites (N-methyl/N-ethyl adjacent to an activating group) is 1. The molecule has 1 fully saturated rings. The summed E-state index contributed by atoms with van der Waals surface area (Å²) in [5.74, 6) is 1.13. The molecule has 0 bridgehead atoms. The number of pyridine rings is 1. The predicted octanol–water partition coefficient (Wildman–Crippen LogP) is 5.82. The molecule has 5 nitrogen and oxygen atoms in total. The summed E-state index contributed by atoms with van der Waals surface area (Å²) >= 11 is 0. The van der Waals surface area contributed by atoms with Crippen molar-refractivity contribution in [3.05, 3.63) is 120 Å². The number of ether oxygens (including phenoxy) is 1. The van der Waals surface area contributed by atoms with Crippen LogP contribution in [0.5, 0.6) is 5.75 Å². The van der Waals surface area contributed by atoms with Crippen molar-refractivity contribution < 1.29 is 9.53 Å². The molecule has 0 spiro atoms. The first kappa shape index (κ1) is 26.8. The van der Waals surface area contributed by atoms with Gasteiger partial charge in [-0.2, -0.15) is 0 Å². The number of hydrogen-bond acceptors (Lipinski definition) is 5. The van der Waals surface area contributed by atoms with E-state index in [1.807, 2.05) is 36.5 Å². The standard InChI is InChI=1S/C34H37N3O2/c1-36-19-21-37(22-20-36)25-30-8-2-3-9-32(30)33-10-4-5-11-34(33)39-26-29-14-12-27(13-15-29)23-31(38)17-16-28-7-6-18-35-24-28/h2-15,18,24H,16-17,19-23,25-26H2,1H3. The predicted molar refractivity (Wildman–Crippen MR) is 157 cm³/mol. The number of rotatable bonds is 11. The molecular formula is C34H37N3O2. The molecular weight excluding hydrogens is 482 g/mol. The van der Waals surface area contributed by atoms with Gasteiger partial charge in [-0.25, -0.2) is 0 Å². The minimum atomic E-state index is 0.243. The van der Waals surface area contributed by atoms with E-state index in [9.17, 15) is 4.79 Å². The lowest BCUT2D eigenvalue weighted by Gasteiger charge is -2.32. The summed E-state index contributed by atoms with van der Waals surface area (Å²) < 4.78 is 6.35. The van der Waals surface area contributed by atoms with E-state index in [1.165, 1.54) is 11.1 Å². The molecule has 0 atom stereocenters. The van der Waals surface area contributed by atoms with Crippen molar-refractivity contribution in [2.75, 3.05) is 33.2 Å². The molecule has 0 N–H and O–H groups in total. The normalized spacial score (nSPS) is 14.3. The van der Waals surface area contributed by atoms with Crippen LogP contribution in [0.2, 0.25) is 0 Å². The fourth-order valence-corrected chi connectivity index (χ4v) is 5.04. The van der Waals surface area contributed by atoms with Crippen LogP contribution in [0.4, 0.5) is 0 Å². The van der Waals surface area contributed by atoms with Crippen LogP contribution in [0.25, 0.3) is 11.1 Å². The van der Waals surface area contributed by atoms with Crippen LogP contribution in [-0.2, 0) is 30.8 Å². The fourth-order valence-electron chi connectivity index (χ4n) is 5.04. The van der Waals surface area contributed by atoms with Crippen LogP contribution < -0.4 is 4.74 Å². The maximum absolute atomic E-state index is 12.5. The number of carbonyl (C=O) groups excluding carboxylic acids is 1. The number of aryl methyl sites for hydroxylation is 1. The van der Waals surface area contributed by atoms with Crippen LogP contribution in [0, 0.1) is 0 Å². The van der Waals surface area contributed by atoms with Gasteiger partial charge in [0.15, 0.2) is 0 Å². The lowest BCUT2D eigenvalue weighted by atomic mass is 9.98. The first-order chi connectivity index (χ1) is 19.1. The molecule has 1 aliphatic heterocycles. The van der Waals surface area contributed by atoms with Gasteiger partial charge in [0.05, 0.1) is 0 Å². The SMILES string of the molecule is CN1CCN(Cc2ccccc2-c2ccccc2OCc2ccc(CC(=O)CCc3cccnc3)cc2)CC1. The Labute approximate surface area is 232 Å². The van der Waals surface area contributed by atoms with Crippen molar-refractivity contribution in [3.8, 4) is 16.9 Å². The van der Waals surface area contributed by atoms with Crippen molar-refractivity contribution in [2.24, 2.45) is 0 Å². The van der Waals surface area contributed by atoms with Gasteiger partial charge < -0.3 is 9.64 Å². The summed E-state index contributed by atoms with van der Waals surface area (Å²) in [4.78, 5) is 21.5. The van der Waals surface area contributed by atoms with Gasteiger partial charge in [-0.15, -0.1) is 0 Å². The lowest BCUT2D eigenvalue weighted by Crippen LogP contribution is -2.43. The molecule has 1 aromatic heterocycles. The summed E-state index contributed by atoms with van der Waals surface area (Å²) in [5, 5.41) is 0. The van der Waals surface area contributed by atoms with Crippen molar-refractivity contribution in [2.45, 2.75) is 32.4 Å². The third-order valence-electron chi connectivity index (χ3n) is 7.42. The number of carbonyl (C=O) groups is 1. The van der Waals surface area contributed by atoms with Gasteiger partial charge in [0.1, 0.15) is 18.1 Å². The Balaban J connectivity index is 1.19. The second kappa shape index (κ2) is 13.3. The van der Waals surface area contributed by atoms with E-state index in [2.05, 4.69) is 76.4 Å². The molecule has 0 aliphatic carbocycles.